The second-order valence-electron chi connectivity index (χ2n) is 5.36. The maximum absolute atomic E-state index is 14.2. The maximum Gasteiger partial charge on any atom is 0.145 e. The Kier molecular flexibility index (Phi) is 3.84. The minimum atomic E-state index is -1.33. The minimum absolute atomic E-state index is 0.0611. The number of halogens is 2. The number of hydrogen-bond donors (Lipinski definition) is 0. The second kappa shape index (κ2) is 5.59. The van der Waals surface area contributed by atoms with E-state index in [2.05, 4.69) is 0 Å². The third-order valence-electron chi connectivity index (χ3n) is 3.88. The van der Waals surface area contributed by atoms with Gasteiger partial charge in [0.15, 0.2) is 0 Å². The van der Waals surface area contributed by atoms with Crippen LogP contribution in [0.1, 0.15) is 19.3 Å². The van der Waals surface area contributed by atoms with Gasteiger partial charge in [-0.05, 0) is 32.0 Å². The summed E-state index contributed by atoms with van der Waals surface area (Å²) < 4.78 is 38.8. The zero-order valence-electron chi connectivity index (χ0n) is 10.9. The lowest BCUT2D eigenvalue weighted by molar-refractivity contribution is -0.106. The van der Waals surface area contributed by atoms with Gasteiger partial charge in [0, 0.05) is 6.08 Å². The van der Waals surface area contributed by atoms with Crippen molar-refractivity contribution in [3.63, 3.8) is 0 Å². The Morgan fingerprint density at radius 1 is 1.21 bits per heavy atom. The normalized spacial score (nSPS) is 33.4. The van der Waals surface area contributed by atoms with E-state index in [1.807, 2.05) is 4.90 Å². The van der Waals surface area contributed by atoms with E-state index in [1.165, 1.54) is 12.2 Å². The molecule has 3 aliphatic rings. The number of ether oxygens (including phenoxy) is 2. The Morgan fingerprint density at radius 3 is 2.53 bits per heavy atom. The molecular formula is C14H19F2NO2. The van der Waals surface area contributed by atoms with Gasteiger partial charge in [-0.15, -0.1) is 0 Å². The molecule has 106 valence electrons. The predicted molar refractivity (Wildman–Crippen MR) is 67.1 cm³/mol. The number of nitrogens with zero attached hydrogens (tertiary/aromatic N) is 1. The highest BCUT2D eigenvalue weighted by Gasteiger charge is 2.35. The Labute approximate surface area is 111 Å². The Hall–Kier alpha value is -0.940. The molecule has 0 aromatic rings. The highest BCUT2D eigenvalue weighted by molar-refractivity contribution is 5.28. The van der Waals surface area contributed by atoms with E-state index in [4.69, 9.17) is 9.47 Å². The fourth-order valence-electron chi connectivity index (χ4n) is 2.79. The molecule has 0 aromatic heterocycles. The van der Waals surface area contributed by atoms with Crippen LogP contribution in [0.2, 0.25) is 0 Å². The molecule has 2 aliphatic heterocycles. The van der Waals surface area contributed by atoms with Gasteiger partial charge in [0.25, 0.3) is 0 Å². The molecule has 2 unspecified atom stereocenters. The first-order valence-corrected chi connectivity index (χ1v) is 6.95. The average molecular weight is 271 g/mol. The molecule has 3 nitrogen and oxygen atoms in total. The standard InChI is InChI=1S/C14H19F2NO2/c15-12-6-10(19-11-8-18-9-11)7-13(16)14(12)17-4-2-1-3-5-17/h6-7,11-12,14H,1-5,8-9H2. The number of likely N-dealkylation sites (tertiary alicyclic amines) is 1. The first kappa shape index (κ1) is 13.1. The van der Waals surface area contributed by atoms with Crippen molar-refractivity contribution in [2.45, 2.75) is 37.6 Å². The highest BCUT2D eigenvalue weighted by Crippen LogP contribution is 2.29. The van der Waals surface area contributed by atoms with Crippen molar-refractivity contribution in [3.05, 3.63) is 23.7 Å². The summed E-state index contributed by atoms with van der Waals surface area (Å²) in [5.41, 5.74) is 0. The van der Waals surface area contributed by atoms with Gasteiger partial charge < -0.3 is 9.47 Å². The molecule has 0 aromatic carbocycles. The van der Waals surface area contributed by atoms with Gasteiger partial charge in [0.1, 0.15) is 23.9 Å². The van der Waals surface area contributed by atoms with Gasteiger partial charge >= 0.3 is 0 Å². The van der Waals surface area contributed by atoms with Crippen LogP contribution in [0, 0.1) is 0 Å². The fourth-order valence-corrected chi connectivity index (χ4v) is 2.79. The van der Waals surface area contributed by atoms with Crippen LogP contribution in [-0.2, 0) is 9.47 Å². The zero-order valence-corrected chi connectivity index (χ0v) is 10.9. The fraction of sp³-hybridized carbons (Fsp3) is 0.714. The Morgan fingerprint density at radius 2 is 1.95 bits per heavy atom. The lowest BCUT2D eigenvalue weighted by Gasteiger charge is -2.36. The Bertz CT molecular complexity index is 387. The van der Waals surface area contributed by atoms with E-state index in [0.717, 1.165) is 32.4 Å². The predicted octanol–water partition coefficient (Wildman–Crippen LogP) is 2.35. The SMILES string of the molecule is FC1=CC(OC2COC2)=CC(F)C1N1CCCCC1. The number of piperidine rings is 1. The van der Waals surface area contributed by atoms with Crippen molar-refractivity contribution in [2.75, 3.05) is 26.3 Å². The van der Waals surface area contributed by atoms with Gasteiger partial charge in [-0.2, -0.15) is 0 Å². The van der Waals surface area contributed by atoms with Crippen molar-refractivity contribution in [1.82, 2.24) is 4.90 Å². The van der Waals surface area contributed by atoms with Gasteiger partial charge in [0.05, 0.1) is 19.3 Å². The van der Waals surface area contributed by atoms with E-state index in [9.17, 15) is 8.78 Å². The van der Waals surface area contributed by atoms with Crippen LogP contribution < -0.4 is 0 Å². The van der Waals surface area contributed by atoms with Crippen LogP contribution in [0.3, 0.4) is 0 Å². The van der Waals surface area contributed by atoms with Crippen molar-refractivity contribution in [1.29, 1.82) is 0 Å². The van der Waals surface area contributed by atoms with Crippen LogP contribution in [-0.4, -0.2) is 49.5 Å². The summed E-state index contributed by atoms with van der Waals surface area (Å²) >= 11 is 0. The molecule has 1 aliphatic carbocycles. The molecule has 5 heteroatoms. The summed E-state index contributed by atoms with van der Waals surface area (Å²) in [6.07, 6.45) is 4.51. The summed E-state index contributed by atoms with van der Waals surface area (Å²) in [6, 6.07) is -0.759. The van der Waals surface area contributed by atoms with E-state index in [1.54, 1.807) is 0 Å². The third kappa shape index (κ3) is 2.82. The molecule has 0 bridgehead atoms. The van der Waals surface area contributed by atoms with Crippen LogP contribution >= 0.6 is 0 Å². The van der Waals surface area contributed by atoms with Crippen molar-refractivity contribution < 1.29 is 18.3 Å². The maximum atomic E-state index is 14.2. The first-order valence-electron chi connectivity index (χ1n) is 6.95. The zero-order chi connectivity index (χ0) is 13.2. The molecule has 0 spiro atoms. The molecule has 0 N–H and O–H groups in total. The average Bonchev–Trinajstić information content (AvgIpc) is 2.34. The first-order chi connectivity index (χ1) is 9.24. The smallest absolute Gasteiger partial charge is 0.145 e. The largest absolute Gasteiger partial charge is 0.486 e. The van der Waals surface area contributed by atoms with Crippen LogP contribution in [0.4, 0.5) is 8.78 Å². The highest BCUT2D eigenvalue weighted by atomic mass is 19.1. The number of allylic oxidation sites excluding steroid dienone is 1. The third-order valence-corrected chi connectivity index (χ3v) is 3.88. The van der Waals surface area contributed by atoms with E-state index in [-0.39, 0.29) is 6.10 Å². The van der Waals surface area contributed by atoms with Crippen LogP contribution in [0.5, 0.6) is 0 Å². The van der Waals surface area contributed by atoms with Gasteiger partial charge in [-0.25, -0.2) is 8.78 Å². The molecule has 0 amide bonds. The lowest BCUT2D eigenvalue weighted by Crippen LogP contribution is -2.46. The van der Waals surface area contributed by atoms with Crippen molar-refractivity contribution in [3.8, 4) is 0 Å². The molecule has 2 atom stereocenters. The quantitative estimate of drug-likeness (QED) is 0.786. The van der Waals surface area contributed by atoms with Gasteiger partial charge in [0.2, 0.25) is 0 Å². The minimum Gasteiger partial charge on any atom is -0.486 e. The molecule has 0 radical (unpaired) electrons. The molecule has 0 saturated carbocycles. The van der Waals surface area contributed by atoms with Crippen molar-refractivity contribution in [2.24, 2.45) is 0 Å². The summed E-state index contributed by atoms with van der Waals surface area (Å²) in [4.78, 5) is 1.90. The summed E-state index contributed by atoms with van der Waals surface area (Å²) in [5, 5.41) is 0. The Balaban J connectivity index is 1.66. The molecule has 3 rings (SSSR count). The van der Waals surface area contributed by atoms with E-state index >= 15 is 0 Å². The van der Waals surface area contributed by atoms with E-state index < -0.39 is 18.0 Å². The van der Waals surface area contributed by atoms with E-state index in [0.29, 0.717) is 19.0 Å². The van der Waals surface area contributed by atoms with Crippen LogP contribution in [0.25, 0.3) is 0 Å². The number of rotatable bonds is 3. The molecule has 19 heavy (non-hydrogen) atoms. The second-order valence-corrected chi connectivity index (χ2v) is 5.36. The summed E-state index contributed by atoms with van der Waals surface area (Å²) in [7, 11) is 0. The van der Waals surface area contributed by atoms with Crippen LogP contribution in [0.15, 0.2) is 23.7 Å². The summed E-state index contributed by atoms with van der Waals surface area (Å²) in [6.45, 7) is 2.54. The van der Waals surface area contributed by atoms with Crippen molar-refractivity contribution >= 4 is 0 Å². The summed E-state index contributed by atoms with van der Waals surface area (Å²) in [5.74, 6) is -0.126. The van der Waals surface area contributed by atoms with Gasteiger partial charge in [-0.3, -0.25) is 4.90 Å². The van der Waals surface area contributed by atoms with Gasteiger partial charge in [-0.1, -0.05) is 6.42 Å². The molecular weight excluding hydrogens is 252 g/mol. The lowest BCUT2D eigenvalue weighted by atomic mass is 9.99. The molecule has 2 saturated heterocycles. The monoisotopic (exact) mass is 271 g/mol. The topological polar surface area (TPSA) is 21.7 Å². The molecule has 2 fully saturated rings. The molecule has 2 heterocycles. The number of hydrogen-bond acceptors (Lipinski definition) is 3. The number of alkyl halides is 1.